The van der Waals surface area contributed by atoms with E-state index < -0.39 is 12.2 Å². The van der Waals surface area contributed by atoms with E-state index in [9.17, 15) is 10.2 Å². The maximum atomic E-state index is 9.82. The highest BCUT2D eigenvalue weighted by Gasteiger charge is 2.17. The summed E-state index contributed by atoms with van der Waals surface area (Å²) in [5, 5.41) is 22.2. The molecule has 3 N–H and O–H groups in total. The molecule has 1 aromatic rings. The summed E-state index contributed by atoms with van der Waals surface area (Å²) in [6.45, 7) is 4.02. The Morgan fingerprint density at radius 3 is 2.80 bits per heavy atom. The molecule has 0 aromatic heterocycles. The average molecular weight is 207 g/mol. The third kappa shape index (κ3) is 3.16. The van der Waals surface area contributed by atoms with Crippen molar-refractivity contribution in [1.29, 1.82) is 0 Å². The molecule has 0 radical (unpaired) electrons. The molecule has 0 heterocycles. The summed E-state index contributed by atoms with van der Waals surface area (Å²) in [4.78, 5) is 0. The highest BCUT2D eigenvalue weighted by Crippen LogP contribution is 2.18. The van der Waals surface area contributed by atoms with Crippen LogP contribution in [0.5, 0.6) is 0 Å². The molecule has 0 aliphatic rings. The van der Waals surface area contributed by atoms with Crippen LogP contribution >= 0.6 is 0 Å². The fraction of sp³-hybridized carbons (Fsp3) is 0.333. The van der Waals surface area contributed by atoms with Crippen LogP contribution in [-0.2, 0) is 0 Å². The smallest absolute Gasteiger partial charge is 0.106 e. The standard InChI is InChI=1S/C12H17NO2/c1-3-9-5-4-6-10(7-9)12(15)11(14)8-13-2/h3-7,11-15H,1,8H2,2H3. The molecule has 0 fully saturated rings. The summed E-state index contributed by atoms with van der Waals surface area (Å²) in [5.41, 5.74) is 1.64. The van der Waals surface area contributed by atoms with Gasteiger partial charge >= 0.3 is 0 Å². The number of nitrogens with one attached hydrogen (secondary N) is 1. The van der Waals surface area contributed by atoms with Gasteiger partial charge in [0, 0.05) is 6.54 Å². The molecular weight excluding hydrogens is 190 g/mol. The molecule has 0 aliphatic heterocycles. The van der Waals surface area contributed by atoms with Gasteiger partial charge in [-0.2, -0.15) is 0 Å². The van der Waals surface area contributed by atoms with E-state index in [1.54, 1.807) is 19.2 Å². The van der Waals surface area contributed by atoms with Gasteiger partial charge in [0.2, 0.25) is 0 Å². The SMILES string of the molecule is C=Cc1cccc(C(O)C(O)CNC)c1. The summed E-state index contributed by atoms with van der Waals surface area (Å²) < 4.78 is 0. The lowest BCUT2D eigenvalue weighted by molar-refractivity contribution is 0.0202. The maximum Gasteiger partial charge on any atom is 0.106 e. The highest BCUT2D eigenvalue weighted by molar-refractivity contribution is 5.48. The molecule has 0 spiro atoms. The van der Waals surface area contributed by atoms with E-state index in [1.165, 1.54) is 0 Å². The third-order valence-electron chi connectivity index (χ3n) is 2.27. The number of rotatable bonds is 5. The van der Waals surface area contributed by atoms with E-state index in [0.29, 0.717) is 12.1 Å². The van der Waals surface area contributed by atoms with Crippen LogP contribution in [0.4, 0.5) is 0 Å². The van der Waals surface area contributed by atoms with Gasteiger partial charge in [-0.05, 0) is 24.2 Å². The first kappa shape index (κ1) is 11.9. The summed E-state index contributed by atoms with van der Waals surface area (Å²) in [6, 6.07) is 7.34. The lowest BCUT2D eigenvalue weighted by Gasteiger charge is -2.18. The number of likely N-dealkylation sites (N-methyl/N-ethyl adjacent to an activating group) is 1. The average Bonchev–Trinajstić information content (AvgIpc) is 2.28. The number of benzene rings is 1. The van der Waals surface area contributed by atoms with Crippen molar-refractivity contribution in [3.63, 3.8) is 0 Å². The molecule has 0 saturated carbocycles. The van der Waals surface area contributed by atoms with Gasteiger partial charge in [0.15, 0.2) is 0 Å². The minimum absolute atomic E-state index is 0.361. The lowest BCUT2D eigenvalue weighted by Crippen LogP contribution is -2.29. The van der Waals surface area contributed by atoms with Gasteiger partial charge < -0.3 is 15.5 Å². The Morgan fingerprint density at radius 2 is 2.20 bits per heavy atom. The first-order valence-corrected chi connectivity index (χ1v) is 4.92. The molecule has 2 atom stereocenters. The molecule has 1 aromatic carbocycles. The predicted molar refractivity (Wildman–Crippen MR) is 61.4 cm³/mol. The van der Waals surface area contributed by atoms with Crippen molar-refractivity contribution in [3.8, 4) is 0 Å². The van der Waals surface area contributed by atoms with Crippen LogP contribution in [0.3, 0.4) is 0 Å². The van der Waals surface area contributed by atoms with E-state index in [2.05, 4.69) is 11.9 Å². The molecule has 0 bridgehead atoms. The molecule has 1 rings (SSSR count). The largest absolute Gasteiger partial charge is 0.389 e. The van der Waals surface area contributed by atoms with Gasteiger partial charge in [-0.25, -0.2) is 0 Å². The fourth-order valence-electron chi connectivity index (χ4n) is 1.41. The topological polar surface area (TPSA) is 52.5 Å². The molecule has 3 heteroatoms. The Labute approximate surface area is 90.1 Å². The van der Waals surface area contributed by atoms with Crippen LogP contribution in [0, 0.1) is 0 Å². The van der Waals surface area contributed by atoms with E-state index in [-0.39, 0.29) is 0 Å². The monoisotopic (exact) mass is 207 g/mol. The van der Waals surface area contributed by atoms with Gasteiger partial charge in [-0.1, -0.05) is 30.9 Å². The second kappa shape index (κ2) is 5.66. The van der Waals surface area contributed by atoms with E-state index in [0.717, 1.165) is 5.56 Å². The molecule has 3 nitrogen and oxygen atoms in total. The van der Waals surface area contributed by atoms with E-state index in [4.69, 9.17) is 0 Å². The Balaban J connectivity index is 2.80. The molecule has 82 valence electrons. The van der Waals surface area contributed by atoms with E-state index >= 15 is 0 Å². The van der Waals surface area contributed by atoms with Crippen molar-refractivity contribution < 1.29 is 10.2 Å². The third-order valence-corrected chi connectivity index (χ3v) is 2.27. The molecule has 0 amide bonds. The molecule has 0 saturated heterocycles. The molecule has 0 aliphatic carbocycles. The van der Waals surface area contributed by atoms with Crippen LogP contribution in [0.25, 0.3) is 6.08 Å². The Hall–Kier alpha value is -1.16. The summed E-state index contributed by atoms with van der Waals surface area (Å²) in [5.74, 6) is 0. The Morgan fingerprint density at radius 1 is 1.47 bits per heavy atom. The van der Waals surface area contributed by atoms with Crippen LogP contribution in [-0.4, -0.2) is 29.9 Å². The van der Waals surface area contributed by atoms with Crippen molar-refractivity contribution in [3.05, 3.63) is 42.0 Å². The van der Waals surface area contributed by atoms with Crippen molar-refractivity contribution in [2.45, 2.75) is 12.2 Å². The number of aliphatic hydroxyl groups excluding tert-OH is 2. The molecular formula is C12H17NO2. The first-order valence-electron chi connectivity index (χ1n) is 4.92. The fourth-order valence-corrected chi connectivity index (χ4v) is 1.41. The Bertz CT molecular complexity index is 325. The first-order chi connectivity index (χ1) is 7.19. The van der Waals surface area contributed by atoms with Gasteiger partial charge in [0.1, 0.15) is 6.10 Å². The zero-order chi connectivity index (χ0) is 11.3. The number of hydrogen-bond donors (Lipinski definition) is 3. The molecule has 15 heavy (non-hydrogen) atoms. The maximum absolute atomic E-state index is 9.82. The van der Waals surface area contributed by atoms with Gasteiger partial charge in [-0.3, -0.25) is 0 Å². The number of aliphatic hydroxyl groups is 2. The molecule has 2 unspecified atom stereocenters. The zero-order valence-corrected chi connectivity index (χ0v) is 8.85. The Kier molecular flexibility index (Phi) is 4.49. The van der Waals surface area contributed by atoms with Gasteiger partial charge in [0.05, 0.1) is 6.10 Å². The van der Waals surface area contributed by atoms with Gasteiger partial charge in [0.25, 0.3) is 0 Å². The van der Waals surface area contributed by atoms with Crippen molar-refractivity contribution in [2.75, 3.05) is 13.6 Å². The summed E-state index contributed by atoms with van der Waals surface area (Å²) in [6.07, 6.45) is 0.0492. The van der Waals surface area contributed by atoms with Crippen LogP contribution in [0.15, 0.2) is 30.8 Å². The van der Waals surface area contributed by atoms with Crippen LogP contribution < -0.4 is 5.32 Å². The second-order valence-corrected chi connectivity index (χ2v) is 3.44. The van der Waals surface area contributed by atoms with Crippen molar-refractivity contribution in [2.24, 2.45) is 0 Å². The second-order valence-electron chi connectivity index (χ2n) is 3.44. The predicted octanol–water partition coefficient (Wildman–Crippen LogP) is 0.943. The minimum Gasteiger partial charge on any atom is -0.389 e. The summed E-state index contributed by atoms with van der Waals surface area (Å²) >= 11 is 0. The number of hydrogen-bond acceptors (Lipinski definition) is 3. The summed E-state index contributed by atoms with van der Waals surface area (Å²) in [7, 11) is 1.73. The minimum atomic E-state index is -0.864. The normalized spacial score (nSPS) is 14.6. The highest BCUT2D eigenvalue weighted by atomic mass is 16.3. The van der Waals surface area contributed by atoms with Crippen molar-refractivity contribution in [1.82, 2.24) is 5.32 Å². The van der Waals surface area contributed by atoms with Crippen molar-refractivity contribution >= 4 is 6.08 Å². The van der Waals surface area contributed by atoms with E-state index in [1.807, 2.05) is 18.2 Å². The zero-order valence-electron chi connectivity index (χ0n) is 8.85. The van der Waals surface area contributed by atoms with Crippen LogP contribution in [0.2, 0.25) is 0 Å². The van der Waals surface area contributed by atoms with Gasteiger partial charge in [-0.15, -0.1) is 0 Å². The quantitative estimate of drug-likeness (QED) is 0.673. The van der Waals surface area contributed by atoms with Crippen LogP contribution in [0.1, 0.15) is 17.2 Å². The lowest BCUT2D eigenvalue weighted by atomic mass is 10.0.